The van der Waals surface area contributed by atoms with Crippen molar-refractivity contribution in [1.29, 1.82) is 0 Å². The monoisotopic (exact) mass is 309 g/mol. The summed E-state index contributed by atoms with van der Waals surface area (Å²) in [5.74, 6) is -0.0749. The van der Waals surface area contributed by atoms with Gasteiger partial charge in [-0.15, -0.1) is 0 Å². The Kier molecular flexibility index (Phi) is 4.63. The normalized spacial score (nSPS) is 16.6. The first-order valence-electron chi connectivity index (χ1n) is 8.18. The molecule has 0 unspecified atom stereocenters. The van der Waals surface area contributed by atoms with Crippen LogP contribution in [0.5, 0.6) is 0 Å². The van der Waals surface area contributed by atoms with Gasteiger partial charge < -0.3 is 16.4 Å². The van der Waals surface area contributed by atoms with Gasteiger partial charge in [0.1, 0.15) is 0 Å². The average molecular weight is 309 g/mol. The van der Waals surface area contributed by atoms with E-state index in [0.29, 0.717) is 0 Å². The van der Waals surface area contributed by atoms with Crippen LogP contribution in [0.1, 0.15) is 32.1 Å². The second-order valence-corrected chi connectivity index (χ2v) is 6.24. The van der Waals surface area contributed by atoms with Crippen molar-refractivity contribution in [1.82, 2.24) is 0 Å². The minimum Gasteiger partial charge on any atom is -0.355 e. The van der Waals surface area contributed by atoms with Gasteiger partial charge in [-0.25, -0.2) is 0 Å². The highest BCUT2D eigenvalue weighted by Gasteiger charge is 2.35. The first-order chi connectivity index (χ1) is 11.2. The van der Waals surface area contributed by atoms with E-state index in [1.165, 1.54) is 6.42 Å². The molecule has 1 fully saturated rings. The smallest absolute Gasteiger partial charge is 0.244 e. The second-order valence-electron chi connectivity index (χ2n) is 6.24. The topological polar surface area (TPSA) is 67.2 Å². The van der Waals surface area contributed by atoms with E-state index in [2.05, 4.69) is 10.6 Å². The summed E-state index contributed by atoms with van der Waals surface area (Å²) in [7, 11) is 0. The van der Waals surface area contributed by atoms with Gasteiger partial charge in [0, 0.05) is 17.1 Å². The third-order valence-electron chi connectivity index (χ3n) is 4.38. The summed E-state index contributed by atoms with van der Waals surface area (Å²) in [5, 5.41) is 6.30. The molecular weight excluding hydrogens is 286 g/mol. The van der Waals surface area contributed by atoms with Gasteiger partial charge in [0.15, 0.2) is 0 Å². The molecule has 0 radical (unpaired) electrons. The molecule has 23 heavy (non-hydrogen) atoms. The van der Waals surface area contributed by atoms with Gasteiger partial charge >= 0.3 is 0 Å². The fourth-order valence-electron chi connectivity index (χ4n) is 3.03. The van der Waals surface area contributed by atoms with Crippen LogP contribution in [0, 0.1) is 0 Å². The number of nitrogens with two attached hydrogens (primary N) is 1. The summed E-state index contributed by atoms with van der Waals surface area (Å²) in [6.07, 6.45) is 4.75. The van der Waals surface area contributed by atoms with Crippen LogP contribution in [0.25, 0.3) is 0 Å². The van der Waals surface area contributed by atoms with E-state index < -0.39 is 5.54 Å². The zero-order valence-corrected chi connectivity index (χ0v) is 13.2. The summed E-state index contributed by atoms with van der Waals surface area (Å²) in [6, 6.07) is 17.7. The van der Waals surface area contributed by atoms with Crippen molar-refractivity contribution in [2.75, 3.05) is 10.6 Å². The molecule has 0 bridgehead atoms. The molecule has 4 heteroatoms. The third kappa shape index (κ3) is 3.90. The minimum atomic E-state index is -0.721. The second kappa shape index (κ2) is 6.84. The van der Waals surface area contributed by atoms with Crippen LogP contribution in [0.4, 0.5) is 17.1 Å². The Morgan fingerprint density at radius 2 is 1.52 bits per heavy atom. The van der Waals surface area contributed by atoms with Crippen LogP contribution >= 0.6 is 0 Å². The Morgan fingerprint density at radius 1 is 0.870 bits per heavy atom. The van der Waals surface area contributed by atoms with Crippen molar-refractivity contribution in [3.05, 3.63) is 54.6 Å². The minimum absolute atomic E-state index is 0.0749. The fourth-order valence-corrected chi connectivity index (χ4v) is 3.03. The quantitative estimate of drug-likeness (QED) is 0.798. The van der Waals surface area contributed by atoms with Crippen molar-refractivity contribution >= 4 is 23.0 Å². The number of hydrogen-bond acceptors (Lipinski definition) is 3. The predicted molar refractivity (Wildman–Crippen MR) is 94.8 cm³/mol. The van der Waals surface area contributed by atoms with Crippen molar-refractivity contribution < 1.29 is 4.79 Å². The third-order valence-corrected chi connectivity index (χ3v) is 4.38. The lowest BCUT2D eigenvalue weighted by Gasteiger charge is -2.31. The average Bonchev–Trinajstić information content (AvgIpc) is 2.57. The summed E-state index contributed by atoms with van der Waals surface area (Å²) >= 11 is 0. The molecule has 0 saturated heterocycles. The molecule has 4 nitrogen and oxygen atoms in total. The summed E-state index contributed by atoms with van der Waals surface area (Å²) in [4.78, 5) is 12.5. The SMILES string of the molecule is NC1(C(=O)Nc2cccc(Nc3ccccc3)c2)CCCCC1. The molecule has 1 amide bonds. The Bertz CT molecular complexity index is 663. The molecule has 120 valence electrons. The van der Waals surface area contributed by atoms with E-state index in [0.717, 1.165) is 42.7 Å². The summed E-state index contributed by atoms with van der Waals surface area (Å²) < 4.78 is 0. The van der Waals surface area contributed by atoms with Crippen LogP contribution in [0.15, 0.2) is 54.6 Å². The number of carbonyl (C=O) groups excluding carboxylic acids is 1. The van der Waals surface area contributed by atoms with Gasteiger partial charge in [-0.2, -0.15) is 0 Å². The van der Waals surface area contributed by atoms with Crippen molar-refractivity contribution in [2.45, 2.75) is 37.6 Å². The number of carbonyl (C=O) groups is 1. The zero-order valence-electron chi connectivity index (χ0n) is 13.2. The molecule has 2 aromatic carbocycles. The lowest BCUT2D eigenvalue weighted by molar-refractivity contribution is -0.122. The van der Waals surface area contributed by atoms with Crippen LogP contribution in [-0.4, -0.2) is 11.4 Å². The van der Waals surface area contributed by atoms with Gasteiger partial charge in [0.05, 0.1) is 5.54 Å². The highest BCUT2D eigenvalue weighted by Crippen LogP contribution is 2.28. The predicted octanol–water partition coefficient (Wildman–Crippen LogP) is 4.03. The van der Waals surface area contributed by atoms with Gasteiger partial charge in [0.25, 0.3) is 0 Å². The maximum Gasteiger partial charge on any atom is 0.244 e. The van der Waals surface area contributed by atoms with E-state index in [1.807, 2.05) is 54.6 Å². The number of nitrogens with one attached hydrogen (secondary N) is 2. The lowest BCUT2D eigenvalue weighted by Crippen LogP contribution is -2.52. The number of anilines is 3. The molecule has 4 N–H and O–H groups in total. The van der Waals surface area contributed by atoms with Gasteiger partial charge in [0.2, 0.25) is 5.91 Å². The van der Waals surface area contributed by atoms with Crippen LogP contribution in [-0.2, 0) is 4.79 Å². The molecule has 0 aromatic heterocycles. The fraction of sp³-hybridized carbons (Fsp3) is 0.316. The molecule has 0 spiro atoms. The number of amides is 1. The molecule has 1 saturated carbocycles. The maximum atomic E-state index is 12.5. The lowest BCUT2D eigenvalue weighted by atomic mass is 9.82. The van der Waals surface area contributed by atoms with Gasteiger partial charge in [-0.05, 0) is 43.2 Å². The number of rotatable bonds is 4. The Labute approximate surface area is 137 Å². The molecule has 0 heterocycles. The Hall–Kier alpha value is -2.33. The summed E-state index contributed by atoms with van der Waals surface area (Å²) in [5.41, 5.74) is 8.28. The molecule has 3 rings (SSSR count). The van der Waals surface area contributed by atoms with E-state index >= 15 is 0 Å². The molecule has 1 aliphatic carbocycles. The van der Waals surface area contributed by atoms with Crippen LogP contribution in [0.2, 0.25) is 0 Å². The molecule has 0 atom stereocenters. The molecular formula is C19H23N3O. The van der Waals surface area contributed by atoms with Gasteiger partial charge in [-0.1, -0.05) is 43.5 Å². The number of para-hydroxylation sites is 1. The first-order valence-corrected chi connectivity index (χ1v) is 8.18. The van der Waals surface area contributed by atoms with E-state index in [1.54, 1.807) is 0 Å². The standard InChI is InChI=1S/C19H23N3O/c20-19(12-5-2-6-13-19)18(23)22-17-11-7-10-16(14-17)21-15-8-3-1-4-9-15/h1,3-4,7-11,14,21H,2,5-6,12-13,20H2,(H,22,23). The molecule has 2 aromatic rings. The zero-order chi connectivity index (χ0) is 16.1. The Morgan fingerprint density at radius 3 is 2.26 bits per heavy atom. The molecule has 1 aliphatic rings. The highest BCUT2D eigenvalue weighted by atomic mass is 16.2. The Balaban J connectivity index is 1.69. The van der Waals surface area contributed by atoms with Crippen molar-refractivity contribution in [3.8, 4) is 0 Å². The van der Waals surface area contributed by atoms with Crippen LogP contribution < -0.4 is 16.4 Å². The highest BCUT2D eigenvalue weighted by molar-refractivity contribution is 5.98. The van der Waals surface area contributed by atoms with Crippen molar-refractivity contribution in [2.24, 2.45) is 5.73 Å². The largest absolute Gasteiger partial charge is 0.355 e. The van der Waals surface area contributed by atoms with Crippen LogP contribution in [0.3, 0.4) is 0 Å². The van der Waals surface area contributed by atoms with E-state index in [-0.39, 0.29) is 5.91 Å². The molecule has 0 aliphatic heterocycles. The number of hydrogen-bond donors (Lipinski definition) is 3. The number of benzene rings is 2. The summed E-state index contributed by atoms with van der Waals surface area (Å²) in [6.45, 7) is 0. The van der Waals surface area contributed by atoms with Gasteiger partial charge in [-0.3, -0.25) is 4.79 Å². The first kappa shape index (κ1) is 15.6. The van der Waals surface area contributed by atoms with Crippen molar-refractivity contribution in [3.63, 3.8) is 0 Å². The maximum absolute atomic E-state index is 12.5. The van der Waals surface area contributed by atoms with E-state index in [9.17, 15) is 4.79 Å². The van der Waals surface area contributed by atoms with E-state index in [4.69, 9.17) is 5.73 Å².